The number of rotatable bonds is 6. The molecule has 190 valence electrons. The highest BCUT2D eigenvalue weighted by atomic mass is 35.5. The average Bonchev–Trinajstić information content (AvgIpc) is 3.41. The second-order valence-corrected chi connectivity index (χ2v) is 8.57. The Bertz CT molecular complexity index is 1290. The van der Waals surface area contributed by atoms with Gasteiger partial charge in [-0.3, -0.25) is 4.79 Å². The van der Waals surface area contributed by atoms with Crippen LogP contribution in [0.4, 0.5) is 39.5 Å². The molecule has 0 saturated heterocycles. The van der Waals surface area contributed by atoms with Gasteiger partial charge in [0.1, 0.15) is 15.7 Å². The van der Waals surface area contributed by atoms with E-state index in [4.69, 9.17) is 11.6 Å². The predicted molar refractivity (Wildman–Crippen MR) is 106 cm³/mol. The molecule has 1 amide bonds. The van der Waals surface area contributed by atoms with E-state index < -0.39 is 53.6 Å². The molecule has 0 fully saturated rings. The minimum absolute atomic E-state index is 0.0457. The van der Waals surface area contributed by atoms with E-state index in [1.807, 2.05) is 0 Å². The van der Waals surface area contributed by atoms with E-state index in [2.05, 4.69) is 22.1 Å². The van der Waals surface area contributed by atoms with Crippen molar-refractivity contribution in [1.29, 1.82) is 0 Å². The van der Waals surface area contributed by atoms with Crippen LogP contribution in [-0.2, 0) is 19.1 Å². The zero-order chi connectivity index (χ0) is 26.5. The second-order valence-electron chi connectivity index (χ2n) is 6.91. The summed E-state index contributed by atoms with van der Waals surface area (Å²) < 4.78 is 120. The number of hydrogen-bond donors (Lipinski definition) is 1. The number of nitrogens with one attached hydrogen (secondary N) is 1. The Morgan fingerprint density at radius 3 is 2.37 bits per heavy atom. The van der Waals surface area contributed by atoms with Gasteiger partial charge >= 0.3 is 18.3 Å². The van der Waals surface area contributed by atoms with Crippen LogP contribution in [0.2, 0.25) is 4.34 Å². The first kappa shape index (κ1) is 26.6. The number of carbonyl (C=O) groups is 1. The lowest BCUT2D eigenvalue weighted by Gasteiger charge is -2.19. The van der Waals surface area contributed by atoms with Crippen molar-refractivity contribution < 1.29 is 44.3 Å². The molecule has 0 radical (unpaired) electrons. The van der Waals surface area contributed by atoms with Gasteiger partial charge in [0.15, 0.2) is 11.5 Å². The molecular formula is C18H11ClF9N5OS. The number of aromatic nitrogens is 4. The molecule has 17 heteroatoms. The fourth-order valence-electron chi connectivity index (χ4n) is 2.90. The molecule has 3 aromatic rings. The summed E-state index contributed by atoms with van der Waals surface area (Å²) >= 11 is 6.78. The molecule has 0 aliphatic heterocycles. The maximum atomic E-state index is 13.9. The monoisotopic (exact) mass is 551 g/mol. The van der Waals surface area contributed by atoms with Gasteiger partial charge in [0, 0.05) is 23.7 Å². The maximum absolute atomic E-state index is 13.9. The first-order chi connectivity index (χ1) is 15.9. The molecule has 0 atom stereocenters. The first-order valence-electron chi connectivity index (χ1n) is 9.00. The SMILES string of the molecule is C=C(F)CNC(=O)c1cc(-c2cnn(-c3c(C(F)(F)F)c(C(F)(F)C(F)(F)F)nn3C)c2)sc1Cl. The molecule has 0 spiro atoms. The summed E-state index contributed by atoms with van der Waals surface area (Å²) in [6.07, 6.45) is -10.1. The summed E-state index contributed by atoms with van der Waals surface area (Å²) in [6, 6.07) is 1.21. The first-order valence-corrected chi connectivity index (χ1v) is 10.2. The zero-order valence-electron chi connectivity index (χ0n) is 17.0. The standard InChI is InChI=1S/C18H11ClF9N5OS/c1-7(20)4-29-14(34)9-3-10(35-13(9)19)8-5-30-33(6-8)15-11(17(23,24)25)12(31-32(15)2)16(21,22)18(26,27)28/h3,5-6H,1,4H2,2H3,(H,29,34). The van der Waals surface area contributed by atoms with Crippen LogP contribution in [0.1, 0.15) is 21.6 Å². The topological polar surface area (TPSA) is 64.7 Å². The quantitative estimate of drug-likeness (QED) is 0.390. The Morgan fingerprint density at radius 1 is 1.20 bits per heavy atom. The summed E-state index contributed by atoms with van der Waals surface area (Å²) in [5.74, 6) is -8.73. The summed E-state index contributed by atoms with van der Waals surface area (Å²) in [5, 5.41) is 8.62. The summed E-state index contributed by atoms with van der Waals surface area (Å²) in [7, 11) is 0.741. The number of nitrogens with zero attached hydrogens (tertiary/aromatic N) is 4. The predicted octanol–water partition coefficient (Wildman–Crippen LogP) is 5.87. The van der Waals surface area contributed by atoms with Crippen LogP contribution in [-0.4, -0.2) is 38.2 Å². The van der Waals surface area contributed by atoms with Gasteiger partial charge in [-0.15, -0.1) is 11.3 Å². The zero-order valence-corrected chi connectivity index (χ0v) is 18.6. The molecule has 0 aliphatic carbocycles. The number of halogens is 10. The smallest absolute Gasteiger partial charge is 0.346 e. The van der Waals surface area contributed by atoms with Gasteiger partial charge in [0.2, 0.25) is 0 Å². The lowest BCUT2D eigenvalue weighted by Crippen LogP contribution is -2.36. The number of hydrogen-bond acceptors (Lipinski definition) is 4. The molecule has 35 heavy (non-hydrogen) atoms. The fourth-order valence-corrected chi connectivity index (χ4v) is 4.14. The lowest BCUT2D eigenvalue weighted by molar-refractivity contribution is -0.292. The Hall–Kier alpha value is -3.01. The average molecular weight is 552 g/mol. The highest BCUT2D eigenvalue weighted by Gasteiger charge is 2.64. The van der Waals surface area contributed by atoms with E-state index in [0.717, 1.165) is 30.8 Å². The second kappa shape index (κ2) is 8.89. The van der Waals surface area contributed by atoms with Crippen molar-refractivity contribution in [2.75, 3.05) is 6.54 Å². The molecular weight excluding hydrogens is 541 g/mol. The Balaban J connectivity index is 2.07. The molecule has 0 saturated carbocycles. The van der Waals surface area contributed by atoms with Crippen LogP contribution in [0.15, 0.2) is 30.9 Å². The molecule has 3 rings (SSSR count). The normalized spacial score (nSPS) is 12.8. The fraction of sp³-hybridized carbons (Fsp3) is 0.278. The van der Waals surface area contributed by atoms with Gasteiger partial charge in [-0.2, -0.15) is 45.3 Å². The van der Waals surface area contributed by atoms with Gasteiger partial charge in [0.05, 0.1) is 18.3 Å². The number of aryl methyl sites for hydroxylation is 1. The number of carbonyl (C=O) groups excluding carboxylic acids is 1. The van der Waals surface area contributed by atoms with Crippen molar-refractivity contribution in [3.05, 3.63) is 52.0 Å². The van der Waals surface area contributed by atoms with E-state index in [1.54, 1.807) is 0 Å². The maximum Gasteiger partial charge on any atom is 0.459 e. The highest BCUT2D eigenvalue weighted by molar-refractivity contribution is 7.19. The van der Waals surface area contributed by atoms with E-state index >= 15 is 0 Å². The van der Waals surface area contributed by atoms with Gasteiger partial charge in [-0.25, -0.2) is 13.8 Å². The van der Waals surface area contributed by atoms with Crippen LogP contribution in [0.25, 0.3) is 16.3 Å². The van der Waals surface area contributed by atoms with Gasteiger partial charge in [0.25, 0.3) is 5.91 Å². The van der Waals surface area contributed by atoms with Crippen molar-refractivity contribution in [2.24, 2.45) is 7.05 Å². The summed E-state index contributed by atoms with van der Waals surface area (Å²) in [5.41, 5.74) is -4.92. The van der Waals surface area contributed by atoms with E-state index in [0.29, 0.717) is 4.68 Å². The van der Waals surface area contributed by atoms with Crippen molar-refractivity contribution in [2.45, 2.75) is 18.3 Å². The number of amides is 1. The molecule has 0 aliphatic rings. The molecule has 3 aromatic heterocycles. The highest BCUT2D eigenvalue weighted by Crippen LogP contribution is 2.49. The van der Waals surface area contributed by atoms with E-state index in [1.165, 1.54) is 6.07 Å². The number of thiophene rings is 1. The Labute approximate surface area is 198 Å². The van der Waals surface area contributed by atoms with Crippen LogP contribution >= 0.6 is 22.9 Å². The molecule has 0 bridgehead atoms. The van der Waals surface area contributed by atoms with Crippen molar-refractivity contribution in [3.63, 3.8) is 0 Å². The van der Waals surface area contributed by atoms with E-state index in [9.17, 15) is 44.3 Å². The third kappa shape index (κ3) is 5.03. The van der Waals surface area contributed by atoms with E-state index in [-0.39, 0.29) is 25.0 Å². The van der Waals surface area contributed by atoms with Gasteiger partial charge in [-0.1, -0.05) is 18.2 Å². The van der Waals surface area contributed by atoms with Crippen LogP contribution in [0.3, 0.4) is 0 Å². The molecule has 0 aromatic carbocycles. The van der Waals surface area contributed by atoms with Gasteiger partial charge in [-0.05, 0) is 6.07 Å². The van der Waals surface area contributed by atoms with Crippen LogP contribution < -0.4 is 5.32 Å². The minimum Gasteiger partial charge on any atom is -0.346 e. The lowest BCUT2D eigenvalue weighted by atomic mass is 10.1. The largest absolute Gasteiger partial charge is 0.459 e. The van der Waals surface area contributed by atoms with Crippen molar-refractivity contribution in [1.82, 2.24) is 24.9 Å². The minimum atomic E-state index is -6.34. The van der Waals surface area contributed by atoms with Crippen molar-refractivity contribution in [3.8, 4) is 16.3 Å². The molecule has 3 heterocycles. The molecule has 0 unspecified atom stereocenters. The Kier molecular flexibility index (Phi) is 6.76. The van der Waals surface area contributed by atoms with Crippen LogP contribution in [0.5, 0.6) is 0 Å². The summed E-state index contributed by atoms with van der Waals surface area (Å²) in [6.45, 7) is 2.47. The van der Waals surface area contributed by atoms with Crippen LogP contribution in [0, 0.1) is 0 Å². The Morgan fingerprint density at radius 2 is 1.83 bits per heavy atom. The molecule has 6 nitrogen and oxygen atoms in total. The van der Waals surface area contributed by atoms with Crippen molar-refractivity contribution >= 4 is 28.8 Å². The summed E-state index contributed by atoms with van der Waals surface area (Å²) in [4.78, 5) is 12.3. The van der Waals surface area contributed by atoms with Gasteiger partial charge < -0.3 is 5.32 Å². The third-order valence-electron chi connectivity index (χ3n) is 4.41. The third-order valence-corrected chi connectivity index (χ3v) is 5.82. The molecule has 1 N–H and O–H groups in total. The number of alkyl halides is 8.